The van der Waals surface area contributed by atoms with Crippen molar-refractivity contribution in [2.24, 2.45) is 0 Å². The standard InChI is InChI=1S/C20H20BrN3O3/c1-27-17-7-8-18(22-14-17)20(26)24-12-10-23(11-13-24)19(25)9-4-15-2-5-16(21)6-3-15/h2-9,14H,10-13H2,1H3/b9-4+. The Hall–Kier alpha value is -2.67. The number of aromatic nitrogens is 1. The predicted molar refractivity (Wildman–Crippen MR) is 106 cm³/mol. The van der Waals surface area contributed by atoms with E-state index in [1.54, 1.807) is 41.2 Å². The number of carbonyl (C=O) groups is 2. The lowest BCUT2D eigenvalue weighted by molar-refractivity contribution is -0.127. The molecule has 0 radical (unpaired) electrons. The third-order valence-corrected chi connectivity index (χ3v) is 4.89. The number of carbonyl (C=O) groups excluding carboxylic acids is 2. The first-order chi connectivity index (χ1) is 13.1. The van der Waals surface area contributed by atoms with Gasteiger partial charge in [0.1, 0.15) is 11.4 Å². The quantitative estimate of drug-likeness (QED) is 0.700. The maximum absolute atomic E-state index is 12.5. The van der Waals surface area contributed by atoms with Crippen molar-refractivity contribution in [1.82, 2.24) is 14.8 Å². The number of amides is 2. The number of piperazine rings is 1. The van der Waals surface area contributed by atoms with E-state index < -0.39 is 0 Å². The van der Waals surface area contributed by atoms with Crippen molar-refractivity contribution in [3.8, 4) is 5.75 Å². The number of rotatable bonds is 4. The minimum Gasteiger partial charge on any atom is -0.495 e. The average Bonchev–Trinajstić information content (AvgIpc) is 2.73. The minimum atomic E-state index is -0.129. The summed E-state index contributed by atoms with van der Waals surface area (Å²) in [6, 6.07) is 11.1. The van der Waals surface area contributed by atoms with E-state index in [2.05, 4.69) is 20.9 Å². The zero-order chi connectivity index (χ0) is 19.2. The second kappa shape index (κ2) is 8.81. The van der Waals surface area contributed by atoms with E-state index in [9.17, 15) is 9.59 Å². The Morgan fingerprint density at radius 2 is 1.70 bits per heavy atom. The Bertz CT molecular complexity index is 827. The molecule has 2 heterocycles. The topological polar surface area (TPSA) is 62.7 Å². The van der Waals surface area contributed by atoms with Gasteiger partial charge in [0, 0.05) is 36.7 Å². The Balaban J connectivity index is 1.53. The molecule has 0 atom stereocenters. The summed E-state index contributed by atoms with van der Waals surface area (Å²) >= 11 is 3.39. The number of hydrogen-bond acceptors (Lipinski definition) is 4. The highest BCUT2D eigenvalue weighted by molar-refractivity contribution is 9.10. The molecule has 1 aliphatic rings. The number of nitrogens with zero attached hydrogens (tertiary/aromatic N) is 3. The lowest BCUT2D eigenvalue weighted by Crippen LogP contribution is -2.50. The van der Waals surface area contributed by atoms with Gasteiger partial charge >= 0.3 is 0 Å². The molecule has 3 rings (SSSR count). The Labute approximate surface area is 166 Å². The summed E-state index contributed by atoms with van der Waals surface area (Å²) in [5.74, 6) is 0.433. The molecule has 0 bridgehead atoms. The van der Waals surface area contributed by atoms with Crippen LogP contribution in [0.25, 0.3) is 6.08 Å². The van der Waals surface area contributed by atoms with Gasteiger partial charge in [-0.1, -0.05) is 28.1 Å². The van der Waals surface area contributed by atoms with Crippen molar-refractivity contribution in [1.29, 1.82) is 0 Å². The average molecular weight is 430 g/mol. The van der Waals surface area contributed by atoms with Crippen molar-refractivity contribution in [2.75, 3.05) is 33.3 Å². The molecule has 2 aromatic rings. The van der Waals surface area contributed by atoms with Crippen LogP contribution in [0.2, 0.25) is 0 Å². The fraction of sp³-hybridized carbons (Fsp3) is 0.250. The zero-order valence-electron chi connectivity index (χ0n) is 15.0. The number of hydrogen-bond donors (Lipinski definition) is 0. The highest BCUT2D eigenvalue weighted by Gasteiger charge is 2.24. The van der Waals surface area contributed by atoms with Crippen molar-refractivity contribution in [2.45, 2.75) is 0 Å². The van der Waals surface area contributed by atoms with Crippen LogP contribution in [0.15, 0.2) is 53.1 Å². The second-order valence-electron chi connectivity index (χ2n) is 6.09. The molecule has 27 heavy (non-hydrogen) atoms. The van der Waals surface area contributed by atoms with E-state index in [1.165, 1.54) is 6.20 Å². The molecule has 2 amide bonds. The van der Waals surface area contributed by atoms with Crippen molar-refractivity contribution < 1.29 is 14.3 Å². The van der Waals surface area contributed by atoms with E-state index >= 15 is 0 Å². The van der Waals surface area contributed by atoms with Crippen LogP contribution < -0.4 is 4.74 Å². The van der Waals surface area contributed by atoms with Gasteiger partial charge in [-0.3, -0.25) is 9.59 Å². The number of ether oxygens (including phenoxy) is 1. The molecule has 0 aliphatic carbocycles. The molecular weight excluding hydrogens is 410 g/mol. The van der Waals surface area contributed by atoms with Crippen molar-refractivity contribution >= 4 is 33.8 Å². The molecule has 0 unspecified atom stereocenters. The molecule has 6 nitrogen and oxygen atoms in total. The first-order valence-electron chi connectivity index (χ1n) is 8.58. The third kappa shape index (κ3) is 4.95. The largest absolute Gasteiger partial charge is 0.495 e. The Kier molecular flexibility index (Phi) is 6.24. The SMILES string of the molecule is COc1ccc(C(=O)N2CCN(C(=O)/C=C/c3ccc(Br)cc3)CC2)nc1. The predicted octanol–water partition coefficient (Wildman–Crippen LogP) is 2.85. The van der Waals surface area contributed by atoms with Crippen LogP contribution in [-0.2, 0) is 4.79 Å². The molecule has 1 fully saturated rings. The summed E-state index contributed by atoms with van der Waals surface area (Å²) < 4.78 is 6.05. The lowest BCUT2D eigenvalue weighted by atomic mass is 10.2. The van der Waals surface area contributed by atoms with Crippen LogP contribution in [0.5, 0.6) is 5.75 Å². The number of benzene rings is 1. The van der Waals surface area contributed by atoms with Gasteiger partial charge in [-0.25, -0.2) is 4.98 Å². The summed E-state index contributed by atoms with van der Waals surface area (Å²) in [6.45, 7) is 1.99. The lowest BCUT2D eigenvalue weighted by Gasteiger charge is -2.34. The third-order valence-electron chi connectivity index (χ3n) is 4.36. The minimum absolute atomic E-state index is 0.0485. The molecule has 1 aromatic heterocycles. The first-order valence-corrected chi connectivity index (χ1v) is 9.38. The number of methoxy groups -OCH3 is 1. The molecule has 7 heteroatoms. The summed E-state index contributed by atoms with van der Waals surface area (Å²) in [5.41, 5.74) is 1.34. The summed E-state index contributed by atoms with van der Waals surface area (Å²) in [4.78, 5) is 32.5. The molecule has 0 saturated carbocycles. The van der Waals surface area contributed by atoms with Crippen LogP contribution in [0.1, 0.15) is 16.1 Å². The summed E-state index contributed by atoms with van der Waals surface area (Å²) in [5, 5.41) is 0. The summed E-state index contributed by atoms with van der Waals surface area (Å²) in [7, 11) is 1.56. The van der Waals surface area contributed by atoms with Crippen molar-refractivity contribution in [3.05, 3.63) is 64.4 Å². The maximum atomic E-state index is 12.5. The fourth-order valence-corrected chi connectivity index (χ4v) is 3.03. The van der Waals surface area contributed by atoms with E-state index in [-0.39, 0.29) is 11.8 Å². The van der Waals surface area contributed by atoms with Gasteiger partial charge in [0.15, 0.2) is 0 Å². The fourth-order valence-electron chi connectivity index (χ4n) is 2.77. The second-order valence-corrected chi connectivity index (χ2v) is 7.00. The van der Waals surface area contributed by atoms with Crippen LogP contribution in [-0.4, -0.2) is 59.9 Å². The molecule has 1 aliphatic heterocycles. The molecule has 0 spiro atoms. The van der Waals surface area contributed by atoms with E-state index in [0.717, 1.165) is 10.0 Å². The van der Waals surface area contributed by atoms with E-state index in [1.807, 2.05) is 24.3 Å². The van der Waals surface area contributed by atoms with Gasteiger partial charge in [0.05, 0.1) is 13.3 Å². The molecule has 1 saturated heterocycles. The normalized spacial score (nSPS) is 14.4. The molecule has 1 aromatic carbocycles. The van der Waals surface area contributed by atoms with E-state index in [0.29, 0.717) is 37.6 Å². The molecular formula is C20H20BrN3O3. The van der Waals surface area contributed by atoms with Gasteiger partial charge in [0.2, 0.25) is 5.91 Å². The summed E-state index contributed by atoms with van der Waals surface area (Å²) in [6.07, 6.45) is 4.90. The highest BCUT2D eigenvalue weighted by Crippen LogP contribution is 2.13. The van der Waals surface area contributed by atoms with Crippen LogP contribution in [0, 0.1) is 0 Å². The van der Waals surface area contributed by atoms with Crippen LogP contribution in [0.4, 0.5) is 0 Å². The van der Waals surface area contributed by atoms with Gasteiger partial charge in [-0.15, -0.1) is 0 Å². The van der Waals surface area contributed by atoms with Crippen molar-refractivity contribution in [3.63, 3.8) is 0 Å². The van der Waals surface area contributed by atoms with Gasteiger partial charge in [0.25, 0.3) is 5.91 Å². The Morgan fingerprint density at radius 1 is 1.04 bits per heavy atom. The molecule has 140 valence electrons. The van der Waals surface area contributed by atoms with Gasteiger partial charge < -0.3 is 14.5 Å². The van der Waals surface area contributed by atoms with Crippen LogP contribution >= 0.6 is 15.9 Å². The highest BCUT2D eigenvalue weighted by atomic mass is 79.9. The van der Waals surface area contributed by atoms with Crippen LogP contribution in [0.3, 0.4) is 0 Å². The molecule has 0 N–H and O–H groups in total. The monoisotopic (exact) mass is 429 g/mol. The maximum Gasteiger partial charge on any atom is 0.272 e. The smallest absolute Gasteiger partial charge is 0.272 e. The first kappa shape index (κ1) is 19.1. The zero-order valence-corrected chi connectivity index (χ0v) is 16.6. The van der Waals surface area contributed by atoms with E-state index in [4.69, 9.17) is 4.74 Å². The number of pyridine rings is 1. The number of halogens is 1. The Morgan fingerprint density at radius 3 is 2.30 bits per heavy atom. The van der Waals surface area contributed by atoms with Gasteiger partial charge in [-0.05, 0) is 35.9 Å². The van der Waals surface area contributed by atoms with Gasteiger partial charge in [-0.2, -0.15) is 0 Å².